The molecule has 164 valence electrons. The molecule has 1 aliphatic heterocycles. The van der Waals surface area contributed by atoms with Crippen molar-refractivity contribution in [2.24, 2.45) is 0 Å². The number of nitrogens with zero attached hydrogens (tertiary/aromatic N) is 7. The number of pyridine rings is 2. The van der Waals surface area contributed by atoms with Gasteiger partial charge in [0.2, 0.25) is 0 Å². The van der Waals surface area contributed by atoms with Gasteiger partial charge in [-0.15, -0.1) is 10.2 Å². The molecule has 11 heteroatoms. The maximum Gasteiger partial charge on any atom is 0.312 e. The van der Waals surface area contributed by atoms with Crippen LogP contribution in [0.3, 0.4) is 0 Å². The van der Waals surface area contributed by atoms with E-state index < -0.39 is 17.8 Å². The van der Waals surface area contributed by atoms with Gasteiger partial charge < -0.3 is 14.3 Å². The predicted molar refractivity (Wildman–Crippen MR) is 113 cm³/mol. The highest BCUT2D eigenvalue weighted by molar-refractivity contribution is 5.90. The number of aromatic amines is 1. The lowest BCUT2D eigenvalue weighted by Crippen LogP contribution is -2.41. The van der Waals surface area contributed by atoms with Gasteiger partial charge in [0.05, 0.1) is 17.7 Å². The summed E-state index contributed by atoms with van der Waals surface area (Å²) in [5, 5.41) is 12.5. The molecule has 0 fully saturated rings. The zero-order chi connectivity index (χ0) is 22.5. The van der Waals surface area contributed by atoms with Gasteiger partial charge in [-0.1, -0.05) is 6.07 Å². The molecule has 5 aromatic rings. The number of H-pyrrole nitrogens is 1. The van der Waals surface area contributed by atoms with E-state index >= 15 is 0 Å². The van der Waals surface area contributed by atoms with E-state index in [1.165, 1.54) is 10.6 Å². The van der Waals surface area contributed by atoms with Gasteiger partial charge in [-0.05, 0) is 36.8 Å². The number of carbonyl (C=O) groups is 1. The second-order valence-electron chi connectivity index (χ2n) is 7.81. The molecule has 1 aliphatic rings. The van der Waals surface area contributed by atoms with Crippen LogP contribution in [0.1, 0.15) is 39.4 Å². The molecule has 0 spiro atoms. The van der Waals surface area contributed by atoms with Crippen molar-refractivity contribution in [1.82, 2.24) is 39.7 Å². The van der Waals surface area contributed by atoms with Crippen LogP contribution in [0.25, 0.3) is 17.1 Å². The molecule has 0 saturated heterocycles. The zero-order valence-electron chi connectivity index (χ0n) is 17.4. The van der Waals surface area contributed by atoms with E-state index in [1.807, 2.05) is 13.0 Å². The monoisotopic (exact) mass is 444 g/mol. The summed E-state index contributed by atoms with van der Waals surface area (Å²) in [6, 6.07) is 7.54. The largest absolute Gasteiger partial charge is 0.411 e. The lowest BCUT2D eigenvalue weighted by Gasteiger charge is -2.32. The quantitative estimate of drug-likeness (QED) is 0.455. The summed E-state index contributed by atoms with van der Waals surface area (Å²) in [6.45, 7) is 2.29. The van der Waals surface area contributed by atoms with E-state index in [0.29, 0.717) is 35.6 Å². The van der Waals surface area contributed by atoms with E-state index in [2.05, 4.69) is 30.2 Å². The molecule has 1 N–H and O–H groups in total. The Morgan fingerprint density at radius 1 is 1.24 bits per heavy atom. The van der Waals surface area contributed by atoms with Crippen LogP contribution in [0.15, 0.2) is 53.5 Å². The Kier molecular flexibility index (Phi) is 4.28. The van der Waals surface area contributed by atoms with Crippen molar-refractivity contribution in [3.8, 4) is 11.6 Å². The Morgan fingerprint density at radius 2 is 2.15 bits per heavy atom. The van der Waals surface area contributed by atoms with E-state index in [0.717, 1.165) is 11.3 Å². The minimum atomic E-state index is -0.639. The molecule has 10 nitrogen and oxygen atoms in total. The van der Waals surface area contributed by atoms with Crippen molar-refractivity contribution < 1.29 is 13.6 Å². The van der Waals surface area contributed by atoms with Gasteiger partial charge in [0.25, 0.3) is 5.89 Å². The Morgan fingerprint density at radius 3 is 2.97 bits per heavy atom. The molecule has 0 radical (unpaired) electrons. The fourth-order valence-corrected chi connectivity index (χ4v) is 4.06. The number of nitrogens with one attached hydrogen (secondary N) is 1. The van der Waals surface area contributed by atoms with Crippen LogP contribution in [-0.4, -0.2) is 52.1 Å². The van der Waals surface area contributed by atoms with Gasteiger partial charge in [-0.25, -0.2) is 13.9 Å². The highest BCUT2D eigenvalue weighted by atomic mass is 19.1. The Labute approximate surface area is 186 Å². The molecular weight excluding hydrogens is 427 g/mol. The third kappa shape index (κ3) is 3.16. The van der Waals surface area contributed by atoms with E-state index in [9.17, 15) is 9.18 Å². The Balaban J connectivity index is 1.40. The van der Waals surface area contributed by atoms with Gasteiger partial charge in [0.15, 0.2) is 0 Å². The fraction of sp³-hybridized carbons (Fsp3) is 0.182. The molecule has 1 amide bonds. The van der Waals surface area contributed by atoms with Crippen molar-refractivity contribution in [2.75, 3.05) is 6.54 Å². The van der Waals surface area contributed by atoms with Crippen LogP contribution >= 0.6 is 0 Å². The Hall–Kier alpha value is -4.41. The number of aromatic nitrogens is 7. The number of hydrogen-bond acceptors (Lipinski definition) is 7. The molecule has 5 aromatic heterocycles. The minimum Gasteiger partial charge on any atom is -0.411 e. The normalized spacial score (nSPS) is 15.7. The highest BCUT2D eigenvalue weighted by Crippen LogP contribution is 2.34. The van der Waals surface area contributed by atoms with Gasteiger partial charge in [0, 0.05) is 31.1 Å². The van der Waals surface area contributed by atoms with Crippen molar-refractivity contribution in [2.45, 2.75) is 19.4 Å². The lowest BCUT2D eigenvalue weighted by molar-refractivity contribution is 0.0646. The third-order valence-corrected chi connectivity index (χ3v) is 5.67. The van der Waals surface area contributed by atoms with Crippen LogP contribution in [0.5, 0.6) is 0 Å². The number of fused-ring (bicyclic) bond motifs is 2. The van der Waals surface area contributed by atoms with Gasteiger partial charge in [-0.3, -0.25) is 9.78 Å². The highest BCUT2D eigenvalue weighted by Gasteiger charge is 2.38. The van der Waals surface area contributed by atoms with Gasteiger partial charge in [0.1, 0.15) is 23.1 Å². The molecular formula is C22H17FN8O2. The average Bonchev–Trinajstić information content (AvgIpc) is 3.57. The predicted octanol–water partition coefficient (Wildman–Crippen LogP) is 2.74. The molecule has 6 rings (SSSR count). The maximum atomic E-state index is 14.3. The summed E-state index contributed by atoms with van der Waals surface area (Å²) in [7, 11) is 0. The molecule has 0 saturated carbocycles. The van der Waals surface area contributed by atoms with Crippen molar-refractivity contribution in [3.63, 3.8) is 0 Å². The van der Waals surface area contributed by atoms with Crippen LogP contribution in [0.2, 0.25) is 0 Å². The fourth-order valence-electron chi connectivity index (χ4n) is 4.06. The number of imidazole rings is 1. The summed E-state index contributed by atoms with van der Waals surface area (Å²) in [5.41, 5.74) is 3.82. The molecule has 33 heavy (non-hydrogen) atoms. The second-order valence-corrected chi connectivity index (χ2v) is 7.81. The molecule has 0 unspecified atom stereocenters. The van der Waals surface area contributed by atoms with Crippen molar-refractivity contribution in [3.05, 3.63) is 83.4 Å². The number of hydrogen-bond donors (Lipinski definition) is 1. The molecule has 1 atom stereocenters. The smallest absolute Gasteiger partial charge is 0.312 e. The van der Waals surface area contributed by atoms with E-state index in [-0.39, 0.29) is 11.8 Å². The first-order valence-corrected chi connectivity index (χ1v) is 10.3. The molecule has 0 aromatic carbocycles. The number of halogens is 1. The van der Waals surface area contributed by atoms with E-state index in [1.54, 1.807) is 41.8 Å². The molecule has 0 aliphatic carbocycles. The van der Waals surface area contributed by atoms with Crippen LogP contribution in [0, 0.1) is 12.7 Å². The first kappa shape index (κ1) is 19.3. The Bertz CT molecular complexity index is 1490. The third-order valence-electron chi connectivity index (χ3n) is 5.67. The summed E-state index contributed by atoms with van der Waals surface area (Å²) in [4.78, 5) is 26.8. The van der Waals surface area contributed by atoms with Crippen molar-refractivity contribution >= 4 is 11.4 Å². The second kappa shape index (κ2) is 7.33. The van der Waals surface area contributed by atoms with Gasteiger partial charge >= 0.3 is 11.8 Å². The summed E-state index contributed by atoms with van der Waals surface area (Å²) in [6.07, 6.45) is 5.49. The van der Waals surface area contributed by atoms with Crippen LogP contribution in [0.4, 0.5) is 4.39 Å². The summed E-state index contributed by atoms with van der Waals surface area (Å²) in [5.74, 6) is -0.871. The minimum absolute atomic E-state index is 0.155. The number of amides is 1. The zero-order valence-corrected chi connectivity index (χ0v) is 17.4. The number of rotatable bonds is 3. The summed E-state index contributed by atoms with van der Waals surface area (Å²) >= 11 is 0. The first-order valence-electron chi connectivity index (χ1n) is 10.3. The van der Waals surface area contributed by atoms with E-state index in [4.69, 9.17) is 4.42 Å². The standard InChI is InChI=1S/C22H17FN8O2/c1-12-4-5-15(24-10-12)20-27-28-21(33-20)22(32)30-8-6-14-18(26-11-25-14)19(30)16-9-17-13(23)3-2-7-31(17)29-16/h2-5,7,9-11,19H,6,8H2,1H3,(H,25,26)/t19-/m0/s1. The topological polar surface area (TPSA) is 118 Å². The average molecular weight is 444 g/mol. The molecule has 0 bridgehead atoms. The first-order chi connectivity index (χ1) is 16.1. The van der Waals surface area contributed by atoms with Gasteiger partial charge in [-0.2, -0.15) is 5.10 Å². The SMILES string of the molecule is Cc1ccc(-c2nnc(C(=O)N3CCc4[nH]cnc4[C@@H]3c3cc4c(F)cccn4n3)o2)nc1. The molecule has 6 heterocycles. The lowest BCUT2D eigenvalue weighted by atomic mass is 9.99. The summed E-state index contributed by atoms with van der Waals surface area (Å²) < 4.78 is 21.4. The number of carbonyl (C=O) groups excluding carboxylic acids is 1. The number of aryl methyl sites for hydroxylation is 1. The van der Waals surface area contributed by atoms with Crippen molar-refractivity contribution in [1.29, 1.82) is 0 Å². The van der Waals surface area contributed by atoms with Crippen LogP contribution < -0.4 is 0 Å². The van der Waals surface area contributed by atoms with Crippen LogP contribution in [-0.2, 0) is 6.42 Å². The maximum absolute atomic E-state index is 14.3.